The molecule has 82 valence electrons. The monoisotopic (exact) mass is 206 g/mol. The highest BCUT2D eigenvalue weighted by Crippen LogP contribution is 2.29. The van der Waals surface area contributed by atoms with E-state index in [1.165, 1.54) is 0 Å². The topological polar surface area (TPSA) is 103 Å². The molecule has 0 aliphatic carbocycles. The zero-order valence-corrected chi connectivity index (χ0v) is 7.48. The van der Waals surface area contributed by atoms with Gasteiger partial charge in [0.1, 0.15) is 36.6 Å². The zero-order chi connectivity index (χ0) is 10.3. The number of rotatable bonds is 2. The van der Waals surface area contributed by atoms with E-state index in [4.69, 9.17) is 14.6 Å². The normalized spacial score (nSPS) is 53.1. The summed E-state index contributed by atoms with van der Waals surface area (Å²) in [5.41, 5.74) is 0. The van der Waals surface area contributed by atoms with Gasteiger partial charge < -0.3 is 29.9 Å². The van der Waals surface area contributed by atoms with Crippen LogP contribution in [0.3, 0.4) is 0 Å². The van der Waals surface area contributed by atoms with Crippen LogP contribution in [-0.2, 0) is 9.47 Å². The molecule has 2 heterocycles. The average molecular weight is 206 g/mol. The number of hydrogen-bond donors (Lipinski definition) is 4. The SMILES string of the molecule is OC[C@H]1OC(C2CO2)[C@H](O)[C@@H](O)[C@@H]1O. The predicted octanol–water partition coefficient (Wildman–Crippen LogP) is -2.77. The third-order valence-corrected chi connectivity index (χ3v) is 2.65. The van der Waals surface area contributed by atoms with Crippen LogP contribution in [0, 0.1) is 0 Å². The Labute approximate surface area is 80.7 Å². The molecule has 6 heteroatoms. The van der Waals surface area contributed by atoms with Gasteiger partial charge in [0.15, 0.2) is 0 Å². The lowest BCUT2D eigenvalue weighted by Crippen LogP contribution is -2.59. The molecule has 0 aromatic carbocycles. The number of hydrogen-bond acceptors (Lipinski definition) is 6. The minimum atomic E-state index is -1.30. The van der Waals surface area contributed by atoms with Crippen LogP contribution in [0.2, 0.25) is 0 Å². The van der Waals surface area contributed by atoms with Crippen LogP contribution >= 0.6 is 0 Å². The molecule has 2 rings (SSSR count). The fraction of sp³-hybridized carbons (Fsp3) is 1.00. The van der Waals surface area contributed by atoms with Gasteiger partial charge in [0.05, 0.1) is 13.2 Å². The molecule has 2 saturated heterocycles. The van der Waals surface area contributed by atoms with E-state index in [9.17, 15) is 15.3 Å². The lowest BCUT2D eigenvalue weighted by molar-refractivity contribution is -0.232. The Morgan fingerprint density at radius 2 is 1.71 bits per heavy atom. The van der Waals surface area contributed by atoms with Crippen molar-refractivity contribution in [2.75, 3.05) is 13.2 Å². The summed E-state index contributed by atoms with van der Waals surface area (Å²) in [5, 5.41) is 37.2. The van der Waals surface area contributed by atoms with Crippen molar-refractivity contribution in [2.24, 2.45) is 0 Å². The van der Waals surface area contributed by atoms with Gasteiger partial charge in [-0.15, -0.1) is 0 Å². The molecule has 0 aromatic rings. The fourth-order valence-electron chi connectivity index (χ4n) is 1.68. The highest BCUT2D eigenvalue weighted by atomic mass is 16.6. The molecule has 0 amide bonds. The number of aliphatic hydroxyl groups excluding tert-OH is 4. The summed E-state index contributed by atoms with van der Waals surface area (Å²) >= 11 is 0. The maximum atomic E-state index is 9.53. The van der Waals surface area contributed by atoms with Crippen LogP contribution in [0.25, 0.3) is 0 Å². The smallest absolute Gasteiger partial charge is 0.115 e. The molecule has 4 N–H and O–H groups in total. The molecule has 2 aliphatic rings. The average Bonchev–Trinajstić information content (AvgIpc) is 2.98. The lowest BCUT2D eigenvalue weighted by atomic mass is 9.94. The van der Waals surface area contributed by atoms with Gasteiger partial charge in [0.2, 0.25) is 0 Å². The molecule has 0 spiro atoms. The van der Waals surface area contributed by atoms with E-state index >= 15 is 0 Å². The molecule has 0 bridgehead atoms. The quantitative estimate of drug-likeness (QED) is 0.365. The first-order chi connectivity index (χ1) is 6.65. The standard InChI is InChI=1S/C8H14O6/c9-1-3-5(10)6(11)7(12)8(14-3)4-2-13-4/h3-12H,1-2H2/t3-,4?,5-,6+,7-,8?/m1/s1. The van der Waals surface area contributed by atoms with E-state index in [2.05, 4.69) is 0 Å². The van der Waals surface area contributed by atoms with Gasteiger partial charge in [-0.25, -0.2) is 0 Å². The first kappa shape index (κ1) is 10.3. The van der Waals surface area contributed by atoms with E-state index in [1.54, 1.807) is 0 Å². The fourth-order valence-corrected chi connectivity index (χ4v) is 1.68. The van der Waals surface area contributed by atoms with Crippen molar-refractivity contribution in [1.82, 2.24) is 0 Å². The molecular formula is C8H14O6. The van der Waals surface area contributed by atoms with Gasteiger partial charge in [-0.2, -0.15) is 0 Å². The Balaban J connectivity index is 2.05. The Bertz CT molecular complexity index is 204. The van der Waals surface area contributed by atoms with E-state index in [-0.39, 0.29) is 6.10 Å². The molecular weight excluding hydrogens is 192 g/mol. The van der Waals surface area contributed by atoms with E-state index in [0.717, 1.165) is 0 Å². The maximum Gasteiger partial charge on any atom is 0.115 e. The van der Waals surface area contributed by atoms with Gasteiger partial charge in [0, 0.05) is 0 Å². The predicted molar refractivity (Wildman–Crippen MR) is 43.5 cm³/mol. The van der Waals surface area contributed by atoms with Crippen molar-refractivity contribution in [1.29, 1.82) is 0 Å². The molecule has 0 radical (unpaired) electrons. The third kappa shape index (κ3) is 1.65. The summed E-state index contributed by atoms with van der Waals surface area (Å²) in [5.74, 6) is 0. The number of epoxide rings is 1. The van der Waals surface area contributed by atoms with Crippen molar-refractivity contribution in [2.45, 2.75) is 36.6 Å². The summed E-state index contributed by atoms with van der Waals surface area (Å²) < 4.78 is 10.2. The number of ether oxygens (including phenoxy) is 2. The lowest BCUT2D eigenvalue weighted by Gasteiger charge is -2.39. The third-order valence-electron chi connectivity index (χ3n) is 2.65. The molecule has 6 nitrogen and oxygen atoms in total. The highest BCUT2D eigenvalue weighted by molar-refractivity contribution is 4.97. The van der Waals surface area contributed by atoms with Gasteiger partial charge >= 0.3 is 0 Å². The Kier molecular flexibility index (Phi) is 2.74. The van der Waals surface area contributed by atoms with Crippen LogP contribution in [0.1, 0.15) is 0 Å². The van der Waals surface area contributed by atoms with Gasteiger partial charge in [-0.05, 0) is 0 Å². The Morgan fingerprint density at radius 1 is 1.07 bits per heavy atom. The molecule has 6 atom stereocenters. The Hall–Kier alpha value is -0.240. The molecule has 0 aromatic heterocycles. The maximum absolute atomic E-state index is 9.53. The van der Waals surface area contributed by atoms with Crippen LogP contribution in [-0.4, -0.2) is 70.3 Å². The first-order valence-corrected chi connectivity index (χ1v) is 4.57. The highest BCUT2D eigenvalue weighted by Gasteiger charge is 2.49. The first-order valence-electron chi connectivity index (χ1n) is 4.57. The molecule has 2 fully saturated rings. The molecule has 2 aliphatic heterocycles. The second-order valence-corrected chi connectivity index (χ2v) is 3.67. The number of aliphatic hydroxyl groups is 4. The Morgan fingerprint density at radius 3 is 2.21 bits per heavy atom. The molecule has 0 saturated carbocycles. The van der Waals surface area contributed by atoms with Crippen LogP contribution in [0.4, 0.5) is 0 Å². The van der Waals surface area contributed by atoms with Crippen molar-refractivity contribution in [3.63, 3.8) is 0 Å². The summed E-state index contributed by atoms with van der Waals surface area (Å²) in [6.07, 6.45) is -5.48. The van der Waals surface area contributed by atoms with E-state index in [0.29, 0.717) is 6.61 Å². The van der Waals surface area contributed by atoms with Crippen molar-refractivity contribution < 1.29 is 29.9 Å². The second kappa shape index (κ2) is 3.73. The molecule has 2 unspecified atom stereocenters. The van der Waals surface area contributed by atoms with E-state index < -0.39 is 37.1 Å². The van der Waals surface area contributed by atoms with E-state index in [1.807, 2.05) is 0 Å². The van der Waals surface area contributed by atoms with Gasteiger partial charge in [0.25, 0.3) is 0 Å². The zero-order valence-electron chi connectivity index (χ0n) is 7.48. The second-order valence-electron chi connectivity index (χ2n) is 3.67. The van der Waals surface area contributed by atoms with Crippen molar-refractivity contribution in [3.05, 3.63) is 0 Å². The summed E-state index contributed by atoms with van der Waals surface area (Å²) in [6.45, 7) is 0.0802. The summed E-state index contributed by atoms with van der Waals surface area (Å²) in [7, 11) is 0. The van der Waals surface area contributed by atoms with Crippen molar-refractivity contribution >= 4 is 0 Å². The minimum Gasteiger partial charge on any atom is -0.394 e. The van der Waals surface area contributed by atoms with Gasteiger partial charge in [-0.1, -0.05) is 0 Å². The van der Waals surface area contributed by atoms with Crippen LogP contribution < -0.4 is 0 Å². The van der Waals surface area contributed by atoms with Crippen LogP contribution in [0.5, 0.6) is 0 Å². The largest absolute Gasteiger partial charge is 0.394 e. The molecule has 14 heavy (non-hydrogen) atoms. The minimum absolute atomic E-state index is 0.235. The van der Waals surface area contributed by atoms with Crippen LogP contribution in [0.15, 0.2) is 0 Å². The van der Waals surface area contributed by atoms with Gasteiger partial charge in [-0.3, -0.25) is 0 Å². The summed E-state index contributed by atoms with van der Waals surface area (Å²) in [6, 6.07) is 0. The summed E-state index contributed by atoms with van der Waals surface area (Å²) in [4.78, 5) is 0. The van der Waals surface area contributed by atoms with Crippen molar-refractivity contribution in [3.8, 4) is 0 Å².